The second kappa shape index (κ2) is 2.32. The van der Waals surface area contributed by atoms with Crippen molar-refractivity contribution in [2.45, 2.75) is 11.5 Å². The fourth-order valence-corrected chi connectivity index (χ4v) is 2.71. The Hall–Kier alpha value is -1.37. The number of hydrogen-bond donors (Lipinski definition) is 1. The summed E-state index contributed by atoms with van der Waals surface area (Å²) in [6, 6.07) is 0. The van der Waals surface area contributed by atoms with Crippen molar-refractivity contribution in [2.24, 2.45) is 0 Å². The molecule has 0 aliphatic carbocycles. The van der Waals surface area contributed by atoms with Crippen LogP contribution in [0.1, 0.15) is 21.8 Å². The van der Waals surface area contributed by atoms with Crippen molar-refractivity contribution in [1.82, 2.24) is 5.16 Å². The monoisotopic (exact) mass is 203 g/mol. The van der Waals surface area contributed by atoms with Gasteiger partial charge in [0.15, 0.2) is 21.3 Å². The maximum absolute atomic E-state index is 11.0. The van der Waals surface area contributed by atoms with Gasteiger partial charge >= 0.3 is 5.97 Å². The van der Waals surface area contributed by atoms with Crippen LogP contribution in [-0.4, -0.2) is 24.7 Å². The van der Waals surface area contributed by atoms with Gasteiger partial charge in [-0.3, -0.25) is 0 Å². The highest BCUT2D eigenvalue weighted by molar-refractivity contribution is 7.90. The lowest BCUT2D eigenvalue weighted by Gasteiger charge is -1.89. The predicted molar refractivity (Wildman–Crippen MR) is 39.8 cm³/mol. The van der Waals surface area contributed by atoms with Crippen molar-refractivity contribution < 1.29 is 22.8 Å². The Morgan fingerprint density at radius 2 is 2.15 bits per heavy atom. The average Bonchev–Trinajstić information content (AvgIpc) is 2.41. The Balaban J connectivity index is 2.55. The normalized spacial score (nSPS) is 18.5. The molecule has 0 unspecified atom stereocenters. The minimum Gasteiger partial charge on any atom is -0.476 e. The molecule has 1 N–H and O–H groups in total. The van der Waals surface area contributed by atoms with Crippen LogP contribution in [0.15, 0.2) is 4.52 Å². The number of fused-ring (bicyclic) bond motifs is 1. The van der Waals surface area contributed by atoms with Gasteiger partial charge in [0.2, 0.25) is 0 Å². The molecule has 1 aromatic heterocycles. The van der Waals surface area contributed by atoms with E-state index < -0.39 is 15.8 Å². The fourth-order valence-electron chi connectivity index (χ4n) is 1.24. The lowest BCUT2D eigenvalue weighted by Crippen LogP contribution is -2.03. The zero-order valence-electron chi connectivity index (χ0n) is 6.35. The second-order valence-corrected chi connectivity index (χ2v) is 4.83. The second-order valence-electron chi connectivity index (χ2n) is 2.77. The Kier molecular flexibility index (Phi) is 1.47. The molecule has 0 fully saturated rings. The molecule has 0 spiro atoms. The van der Waals surface area contributed by atoms with E-state index in [1.807, 2.05) is 0 Å². The number of aromatic carboxylic acids is 1. The number of nitrogens with zero attached hydrogens (tertiary/aromatic N) is 1. The van der Waals surface area contributed by atoms with Crippen LogP contribution >= 0.6 is 0 Å². The van der Waals surface area contributed by atoms with Crippen molar-refractivity contribution in [2.75, 3.05) is 0 Å². The van der Waals surface area contributed by atoms with Gasteiger partial charge in [0.1, 0.15) is 5.75 Å². The SMILES string of the molecule is O=C(O)c1noc2c1CS(=O)(=O)C2. The standard InChI is InChI=1S/C6H5NO5S/c8-6(9)5-3-1-13(10,11)2-4(3)12-7-5/h1-2H2,(H,8,9). The molecule has 0 bridgehead atoms. The molecule has 7 heteroatoms. The molecule has 0 radical (unpaired) electrons. The van der Waals surface area contributed by atoms with Crippen LogP contribution in [0.4, 0.5) is 0 Å². The number of aromatic nitrogens is 1. The van der Waals surface area contributed by atoms with E-state index in [0.29, 0.717) is 0 Å². The highest BCUT2D eigenvalue weighted by Crippen LogP contribution is 2.27. The van der Waals surface area contributed by atoms with Crippen LogP contribution in [0.25, 0.3) is 0 Å². The molecule has 0 aromatic carbocycles. The van der Waals surface area contributed by atoms with Crippen molar-refractivity contribution in [3.8, 4) is 0 Å². The largest absolute Gasteiger partial charge is 0.476 e. The van der Waals surface area contributed by atoms with E-state index in [-0.39, 0.29) is 28.5 Å². The average molecular weight is 203 g/mol. The molecule has 70 valence electrons. The van der Waals surface area contributed by atoms with Crippen LogP contribution < -0.4 is 0 Å². The molecule has 6 nitrogen and oxygen atoms in total. The first kappa shape index (κ1) is 8.24. The lowest BCUT2D eigenvalue weighted by molar-refractivity contribution is 0.0685. The third-order valence-corrected chi connectivity index (χ3v) is 3.22. The molecule has 13 heavy (non-hydrogen) atoms. The number of sulfone groups is 1. The van der Waals surface area contributed by atoms with Gasteiger partial charge in [0.05, 0.1) is 5.75 Å². The van der Waals surface area contributed by atoms with Gasteiger partial charge in [-0.15, -0.1) is 0 Å². The van der Waals surface area contributed by atoms with Crippen LogP contribution in [0, 0.1) is 0 Å². The van der Waals surface area contributed by atoms with Crippen molar-refractivity contribution >= 4 is 15.8 Å². The van der Waals surface area contributed by atoms with Gasteiger partial charge in [0.25, 0.3) is 0 Å². The van der Waals surface area contributed by atoms with Gasteiger partial charge in [-0.1, -0.05) is 5.16 Å². The summed E-state index contributed by atoms with van der Waals surface area (Å²) in [5, 5.41) is 11.9. The number of carboxylic acids is 1. The van der Waals surface area contributed by atoms with Gasteiger partial charge in [-0.2, -0.15) is 0 Å². The van der Waals surface area contributed by atoms with Gasteiger partial charge in [-0.05, 0) is 0 Å². The van der Waals surface area contributed by atoms with E-state index in [0.717, 1.165) is 0 Å². The van der Waals surface area contributed by atoms with Gasteiger partial charge in [0, 0.05) is 5.56 Å². The summed E-state index contributed by atoms with van der Waals surface area (Å²) in [7, 11) is -3.22. The molecular formula is C6H5NO5S. The smallest absolute Gasteiger partial charge is 0.358 e. The van der Waals surface area contributed by atoms with Gasteiger partial charge < -0.3 is 9.63 Å². The number of carboxylic acid groups (broad SMARTS) is 1. The molecule has 1 aliphatic rings. The number of carbonyl (C=O) groups is 1. The fraction of sp³-hybridized carbons (Fsp3) is 0.333. The van der Waals surface area contributed by atoms with Crippen molar-refractivity contribution in [3.63, 3.8) is 0 Å². The Bertz CT molecular complexity index is 471. The molecule has 1 aliphatic heterocycles. The van der Waals surface area contributed by atoms with E-state index in [1.165, 1.54) is 0 Å². The van der Waals surface area contributed by atoms with Crippen LogP contribution in [0.2, 0.25) is 0 Å². The molecular weight excluding hydrogens is 198 g/mol. The Morgan fingerprint density at radius 3 is 2.77 bits per heavy atom. The number of hydrogen-bond acceptors (Lipinski definition) is 5. The molecule has 1 aromatic rings. The first-order valence-electron chi connectivity index (χ1n) is 3.41. The van der Waals surface area contributed by atoms with Gasteiger partial charge in [-0.25, -0.2) is 13.2 Å². The third-order valence-electron chi connectivity index (χ3n) is 1.79. The first-order valence-corrected chi connectivity index (χ1v) is 5.23. The summed E-state index contributed by atoms with van der Waals surface area (Å²) in [4.78, 5) is 10.5. The highest BCUT2D eigenvalue weighted by atomic mass is 32.2. The quantitative estimate of drug-likeness (QED) is 0.678. The maximum atomic E-state index is 11.0. The Morgan fingerprint density at radius 1 is 1.46 bits per heavy atom. The van der Waals surface area contributed by atoms with Crippen LogP contribution in [0.5, 0.6) is 0 Å². The van der Waals surface area contributed by atoms with Crippen LogP contribution in [-0.2, 0) is 21.3 Å². The van der Waals surface area contributed by atoms with E-state index in [4.69, 9.17) is 5.11 Å². The van der Waals surface area contributed by atoms with E-state index in [1.54, 1.807) is 0 Å². The first-order chi connectivity index (χ1) is 5.99. The third kappa shape index (κ3) is 1.21. The lowest BCUT2D eigenvalue weighted by atomic mass is 10.2. The van der Waals surface area contributed by atoms with E-state index in [2.05, 4.69) is 9.68 Å². The summed E-state index contributed by atoms with van der Waals surface area (Å²) in [6.07, 6.45) is 0. The highest BCUT2D eigenvalue weighted by Gasteiger charge is 2.34. The summed E-state index contributed by atoms with van der Waals surface area (Å²) < 4.78 is 26.7. The number of rotatable bonds is 1. The Labute approximate surface area is 73.1 Å². The van der Waals surface area contributed by atoms with Crippen molar-refractivity contribution in [1.29, 1.82) is 0 Å². The molecule has 0 saturated heterocycles. The predicted octanol–water partition coefficient (Wildman–Crippen LogP) is -0.199. The summed E-state index contributed by atoms with van der Waals surface area (Å²) >= 11 is 0. The van der Waals surface area contributed by atoms with Crippen molar-refractivity contribution in [3.05, 3.63) is 17.0 Å². The molecule has 2 heterocycles. The molecule has 0 atom stereocenters. The molecule has 0 amide bonds. The summed E-state index contributed by atoms with van der Waals surface area (Å²) in [5.74, 6) is -1.64. The molecule has 0 saturated carbocycles. The summed E-state index contributed by atoms with van der Waals surface area (Å²) in [6.45, 7) is 0. The van der Waals surface area contributed by atoms with E-state index >= 15 is 0 Å². The summed E-state index contributed by atoms with van der Waals surface area (Å²) in [5.41, 5.74) is -0.108. The maximum Gasteiger partial charge on any atom is 0.358 e. The minimum atomic E-state index is -3.22. The molecule has 2 rings (SSSR count). The van der Waals surface area contributed by atoms with Crippen LogP contribution in [0.3, 0.4) is 0 Å². The van der Waals surface area contributed by atoms with E-state index in [9.17, 15) is 13.2 Å². The minimum absolute atomic E-state index is 0.150. The topological polar surface area (TPSA) is 97.5 Å². The zero-order chi connectivity index (χ0) is 9.64. The zero-order valence-corrected chi connectivity index (χ0v) is 7.17.